The molecule has 6 heterocycles. The summed E-state index contributed by atoms with van der Waals surface area (Å²) in [6.07, 6.45) is 8.75. The first-order valence-electron chi connectivity index (χ1n) is 13.4. The Kier molecular flexibility index (Phi) is 5.85. The van der Waals surface area contributed by atoms with Gasteiger partial charge in [-0.15, -0.1) is 10.2 Å². The van der Waals surface area contributed by atoms with E-state index < -0.39 is 9.84 Å². The number of piperidine rings is 1. The van der Waals surface area contributed by atoms with Crippen molar-refractivity contribution in [2.24, 2.45) is 0 Å². The second-order valence-corrected chi connectivity index (χ2v) is 12.6. The van der Waals surface area contributed by atoms with Crippen LogP contribution in [0.2, 0.25) is 0 Å². The summed E-state index contributed by atoms with van der Waals surface area (Å²) in [4.78, 5) is 27.2. The number of sulfone groups is 1. The van der Waals surface area contributed by atoms with Gasteiger partial charge in [-0.1, -0.05) is 30.3 Å². The van der Waals surface area contributed by atoms with E-state index in [2.05, 4.69) is 25.3 Å². The molecule has 4 aromatic heterocycles. The number of anilines is 1. The molecule has 0 saturated carbocycles. The smallest absolute Gasteiger partial charge is 0.292 e. The number of nitrogen functional groups attached to an aromatic ring is 1. The number of amides is 1. The van der Waals surface area contributed by atoms with Crippen LogP contribution in [0.15, 0.2) is 66.1 Å². The quantitative estimate of drug-likeness (QED) is 0.323. The Bertz CT molecular complexity index is 1860. The van der Waals surface area contributed by atoms with Crippen molar-refractivity contribution in [1.29, 1.82) is 0 Å². The van der Waals surface area contributed by atoms with Gasteiger partial charge in [-0.3, -0.25) is 9.78 Å². The zero-order chi connectivity index (χ0) is 28.3. The van der Waals surface area contributed by atoms with Gasteiger partial charge in [0.1, 0.15) is 17.0 Å². The molecule has 3 atom stereocenters. The van der Waals surface area contributed by atoms with Gasteiger partial charge in [0.15, 0.2) is 15.5 Å². The molecule has 1 amide bonds. The van der Waals surface area contributed by atoms with Crippen LogP contribution in [0.1, 0.15) is 47.9 Å². The molecule has 0 spiro atoms. The average Bonchev–Trinajstić information content (AvgIpc) is 3.71. The molecule has 5 aromatic rings. The van der Waals surface area contributed by atoms with Gasteiger partial charge in [0.25, 0.3) is 5.91 Å². The van der Waals surface area contributed by atoms with E-state index in [0.29, 0.717) is 24.2 Å². The Balaban J connectivity index is 1.29. The predicted octanol–water partition coefficient (Wildman–Crippen LogP) is 3.11. The standard InChI is InChI=1S/C28H27N9O3S/c1-41(39,40)24-23(18-12-19-9-10-20(13-18)36(19)28(38)26-31-15-32-35-26)34-27-21(14-33-37(27)25(24)29)16-5-7-17(8-6-16)22-4-2-3-11-30-22/h2-8,11,14-15,18-20H,9-10,12-13,29H2,1H3,(H,31,32,35)/t18-,19+,20-. The fraction of sp³-hybridized carbons (Fsp3) is 0.286. The summed E-state index contributed by atoms with van der Waals surface area (Å²) in [5.41, 5.74) is 10.9. The number of carbonyl (C=O) groups is 1. The third-order valence-electron chi connectivity index (χ3n) is 8.16. The van der Waals surface area contributed by atoms with E-state index >= 15 is 0 Å². The monoisotopic (exact) mass is 569 g/mol. The average molecular weight is 570 g/mol. The third kappa shape index (κ3) is 4.24. The van der Waals surface area contributed by atoms with Crippen molar-refractivity contribution >= 4 is 27.2 Å². The summed E-state index contributed by atoms with van der Waals surface area (Å²) in [5.74, 6) is -0.139. The molecule has 208 valence electrons. The molecule has 7 rings (SSSR count). The van der Waals surface area contributed by atoms with Crippen molar-refractivity contribution < 1.29 is 13.2 Å². The van der Waals surface area contributed by atoms with Gasteiger partial charge in [0.2, 0.25) is 5.82 Å². The van der Waals surface area contributed by atoms with Crippen molar-refractivity contribution in [3.05, 3.63) is 72.7 Å². The maximum atomic E-state index is 13.1. The van der Waals surface area contributed by atoms with Crippen molar-refractivity contribution in [3.8, 4) is 22.4 Å². The normalized spacial score (nSPS) is 20.5. The number of aromatic nitrogens is 7. The Morgan fingerprint density at radius 1 is 1.05 bits per heavy atom. The van der Waals surface area contributed by atoms with Crippen molar-refractivity contribution in [1.82, 2.24) is 39.7 Å². The molecule has 1 aromatic carbocycles. The number of hydrogen-bond donors (Lipinski definition) is 2. The number of hydrogen-bond acceptors (Lipinski definition) is 9. The predicted molar refractivity (Wildman–Crippen MR) is 151 cm³/mol. The fourth-order valence-electron chi connectivity index (χ4n) is 6.40. The number of benzene rings is 1. The largest absolute Gasteiger partial charge is 0.382 e. The highest BCUT2D eigenvalue weighted by atomic mass is 32.2. The lowest BCUT2D eigenvalue weighted by atomic mass is 9.87. The summed E-state index contributed by atoms with van der Waals surface area (Å²) in [6.45, 7) is 0. The number of aromatic amines is 1. The number of pyridine rings is 1. The molecule has 0 aliphatic carbocycles. The van der Waals surface area contributed by atoms with Gasteiger partial charge in [-0.2, -0.15) is 9.61 Å². The topological polar surface area (TPSA) is 165 Å². The first kappa shape index (κ1) is 25.3. The van der Waals surface area contributed by atoms with E-state index in [1.165, 1.54) is 10.8 Å². The summed E-state index contributed by atoms with van der Waals surface area (Å²) in [5, 5.41) is 12.1. The second kappa shape index (κ2) is 9.47. The summed E-state index contributed by atoms with van der Waals surface area (Å²) >= 11 is 0. The number of nitrogens with zero attached hydrogens (tertiary/aromatic N) is 7. The van der Waals surface area contributed by atoms with Crippen LogP contribution in [-0.4, -0.2) is 72.3 Å². The number of fused-ring (bicyclic) bond motifs is 3. The van der Waals surface area contributed by atoms with Crippen LogP contribution in [0.4, 0.5) is 5.82 Å². The molecule has 41 heavy (non-hydrogen) atoms. The van der Waals surface area contributed by atoms with Gasteiger partial charge in [0, 0.05) is 41.6 Å². The molecular weight excluding hydrogens is 542 g/mol. The van der Waals surface area contributed by atoms with Crippen molar-refractivity contribution in [2.45, 2.75) is 48.6 Å². The summed E-state index contributed by atoms with van der Waals surface area (Å²) in [6, 6.07) is 13.5. The van der Waals surface area contributed by atoms with E-state index in [0.717, 1.165) is 41.5 Å². The molecule has 13 heteroatoms. The summed E-state index contributed by atoms with van der Waals surface area (Å²) < 4.78 is 27.5. The molecule has 2 aliphatic heterocycles. The number of nitrogens with one attached hydrogen (secondary N) is 1. The second-order valence-electron chi connectivity index (χ2n) is 10.7. The molecule has 2 aliphatic rings. The highest BCUT2D eigenvalue weighted by Gasteiger charge is 2.46. The minimum absolute atomic E-state index is 0.00422. The first-order valence-corrected chi connectivity index (χ1v) is 15.3. The number of rotatable bonds is 5. The number of carbonyl (C=O) groups excluding carboxylic acids is 1. The lowest BCUT2D eigenvalue weighted by molar-refractivity contribution is 0.0556. The maximum absolute atomic E-state index is 13.1. The van der Waals surface area contributed by atoms with E-state index in [4.69, 9.17) is 10.7 Å². The minimum atomic E-state index is -3.74. The Hall–Kier alpha value is -4.65. The van der Waals surface area contributed by atoms with E-state index in [1.54, 1.807) is 12.4 Å². The fourth-order valence-corrected chi connectivity index (χ4v) is 7.46. The van der Waals surface area contributed by atoms with Crippen molar-refractivity contribution in [2.75, 3.05) is 12.0 Å². The Morgan fingerprint density at radius 3 is 2.41 bits per heavy atom. The van der Waals surface area contributed by atoms with Crippen molar-refractivity contribution in [3.63, 3.8) is 0 Å². The highest BCUT2D eigenvalue weighted by Crippen LogP contribution is 2.45. The van der Waals surface area contributed by atoms with Gasteiger partial charge in [-0.05, 0) is 43.4 Å². The Morgan fingerprint density at radius 2 is 1.78 bits per heavy atom. The van der Waals surface area contributed by atoms with Crippen LogP contribution in [-0.2, 0) is 9.84 Å². The van der Waals surface area contributed by atoms with Crippen LogP contribution in [0.5, 0.6) is 0 Å². The van der Waals surface area contributed by atoms with Crippen LogP contribution in [0.3, 0.4) is 0 Å². The number of nitrogens with two attached hydrogens (primary N) is 1. The SMILES string of the molecule is CS(=O)(=O)c1c([C@H]2C[C@H]3CC[C@@H](C2)N3C(=O)c2nnc[nH]2)nc2c(-c3ccc(-c4ccccn4)cc3)cnn2c1N. The molecule has 0 unspecified atom stereocenters. The molecular formula is C28H27N9O3S. The molecule has 2 saturated heterocycles. The molecule has 2 fully saturated rings. The van der Waals surface area contributed by atoms with Gasteiger partial charge in [0.05, 0.1) is 17.6 Å². The first-order chi connectivity index (χ1) is 19.8. The zero-order valence-electron chi connectivity index (χ0n) is 22.2. The highest BCUT2D eigenvalue weighted by molar-refractivity contribution is 7.91. The van der Waals surface area contributed by atoms with Crippen LogP contribution in [0.25, 0.3) is 28.0 Å². The molecule has 0 radical (unpaired) electrons. The lowest BCUT2D eigenvalue weighted by Crippen LogP contribution is -2.46. The molecule has 3 N–H and O–H groups in total. The van der Waals surface area contributed by atoms with E-state index in [-0.39, 0.29) is 40.4 Å². The van der Waals surface area contributed by atoms with Crippen LogP contribution < -0.4 is 5.73 Å². The van der Waals surface area contributed by atoms with E-state index in [9.17, 15) is 13.2 Å². The maximum Gasteiger partial charge on any atom is 0.292 e. The molecule has 2 bridgehead atoms. The zero-order valence-corrected chi connectivity index (χ0v) is 23.0. The molecule has 12 nitrogen and oxygen atoms in total. The Labute approximate surface area is 235 Å². The minimum Gasteiger partial charge on any atom is -0.382 e. The van der Waals surface area contributed by atoms with Crippen LogP contribution in [0, 0.1) is 0 Å². The lowest BCUT2D eigenvalue weighted by Gasteiger charge is -2.38. The third-order valence-corrected chi connectivity index (χ3v) is 9.32. The van der Waals surface area contributed by atoms with Gasteiger partial charge >= 0.3 is 0 Å². The van der Waals surface area contributed by atoms with E-state index in [1.807, 2.05) is 47.4 Å². The summed E-state index contributed by atoms with van der Waals surface area (Å²) in [7, 11) is -3.74. The van der Waals surface area contributed by atoms with Gasteiger partial charge in [-0.25, -0.2) is 13.4 Å². The van der Waals surface area contributed by atoms with Gasteiger partial charge < -0.3 is 15.6 Å². The van der Waals surface area contributed by atoms with Crippen LogP contribution >= 0.6 is 0 Å². The number of H-pyrrole nitrogens is 1.